The van der Waals surface area contributed by atoms with Gasteiger partial charge in [-0.1, -0.05) is 66.7 Å². The molecule has 0 spiro atoms. The predicted octanol–water partition coefficient (Wildman–Crippen LogP) is 3.55. The van der Waals surface area contributed by atoms with Crippen molar-refractivity contribution in [1.82, 2.24) is 0 Å². The van der Waals surface area contributed by atoms with Crippen LogP contribution in [0.15, 0.2) is 78.9 Å². The number of rotatable bonds is 9. The lowest BCUT2D eigenvalue weighted by Gasteiger charge is -2.32. The van der Waals surface area contributed by atoms with Gasteiger partial charge in [0.25, 0.3) is 0 Å². The molecule has 172 valence electrons. The van der Waals surface area contributed by atoms with Gasteiger partial charge in [0.15, 0.2) is 27.9 Å². The van der Waals surface area contributed by atoms with E-state index in [4.69, 9.17) is 14.6 Å². The lowest BCUT2D eigenvalue weighted by molar-refractivity contribution is -0.139. The van der Waals surface area contributed by atoms with Crippen molar-refractivity contribution in [2.24, 2.45) is 0 Å². The first-order valence-electron chi connectivity index (χ1n) is 10.6. The molecule has 1 N–H and O–H groups in total. The number of carbonyl (C=O) groups is 1. The Hall–Kier alpha value is -3.52. The van der Waals surface area contributed by atoms with E-state index in [1.165, 1.54) is 0 Å². The smallest absolute Gasteiger partial charge is 0.341 e. The highest BCUT2D eigenvalue weighted by atomic mass is 32.2. The van der Waals surface area contributed by atoms with Crippen LogP contribution in [0.2, 0.25) is 0 Å². The normalized spacial score (nSPS) is 13.3. The third kappa shape index (κ3) is 5.28. The molecule has 3 aromatic rings. The number of sulfone groups is 1. The topological polar surface area (TPSA) is 93.1 Å². The van der Waals surface area contributed by atoms with Crippen LogP contribution in [0.25, 0.3) is 0 Å². The third-order valence-electron chi connectivity index (χ3n) is 5.47. The average molecular weight is 468 g/mol. The van der Waals surface area contributed by atoms with Gasteiger partial charge in [0.2, 0.25) is 0 Å². The number of para-hydroxylation sites is 1. The number of carboxylic acid groups (broad SMARTS) is 1. The van der Waals surface area contributed by atoms with Crippen LogP contribution in [-0.2, 0) is 14.6 Å². The van der Waals surface area contributed by atoms with Crippen molar-refractivity contribution in [3.63, 3.8) is 0 Å². The van der Waals surface area contributed by atoms with E-state index in [1.807, 2.05) is 71.6 Å². The number of aliphatic carboxylic acids is 1. The molecular formula is C25H25NO6S. The van der Waals surface area contributed by atoms with E-state index in [-0.39, 0.29) is 12.3 Å². The van der Waals surface area contributed by atoms with Crippen LogP contribution in [0.3, 0.4) is 0 Å². The number of hydrogen-bond acceptors (Lipinski definition) is 6. The molecule has 1 heterocycles. The molecule has 0 fully saturated rings. The Bertz CT molecular complexity index is 1160. The van der Waals surface area contributed by atoms with Gasteiger partial charge in [0.05, 0.1) is 18.0 Å². The zero-order valence-electron chi connectivity index (χ0n) is 18.0. The Balaban J connectivity index is 1.57. The van der Waals surface area contributed by atoms with Gasteiger partial charge < -0.3 is 19.5 Å². The maximum Gasteiger partial charge on any atom is 0.341 e. The molecule has 0 aromatic heterocycles. The first-order valence-corrected chi connectivity index (χ1v) is 12.3. The minimum absolute atomic E-state index is 0.0545. The summed E-state index contributed by atoms with van der Waals surface area (Å²) in [6.45, 7) is 0.662. The van der Waals surface area contributed by atoms with Gasteiger partial charge in [-0.3, -0.25) is 0 Å². The van der Waals surface area contributed by atoms with Gasteiger partial charge in [0.1, 0.15) is 11.9 Å². The van der Waals surface area contributed by atoms with Crippen LogP contribution in [-0.4, -0.2) is 51.5 Å². The van der Waals surface area contributed by atoms with Gasteiger partial charge in [-0.05, 0) is 23.3 Å². The van der Waals surface area contributed by atoms with Crippen LogP contribution in [0.1, 0.15) is 16.4 Å². The molecule has 0 radical (unpaired) electrons. The quantitative estimate of drug-likeness (QED) is 0.514. The maximum atomic E-state index is 13.6. The lowest BCUT2D eigenvalue weighted by Crippen LogP contribution is -2.37. The summed E-state index contributed by atoms with van der Waals surface area (Å²) in [4.78, 5) is 12.8. The van der Waals surface area contributed by atoms with Crippen molar-refractivity contribution in [2.75, 3.05) is 37.0 Å². The van der Waals surface area contributed by atoms with Gasteiger partial charge in [-0.2, -0.15) is 0 Å². The molecule has 0 aliphatic carbocycles. The lowest BCUT2D eigenvalue weighted by atomic mass is 10.0. The van der Waals surface area contributed by atoms with Crippen LogP contribution in [0.5, 0.6) is 11.5 Å². The number of benzene rings is 3. The van der Waals surface area contributed by atoms with Crippen LogP contribution >= 0.6 is 0 Å². The van der Waals surface area contributed by atoms with Crippen molar-refractivity contribution >= 4 is 21.5 Å². The zero-order valence-corrected chi connectivity index (χ0v) is 18.8. The van der Waals surface area contributed by atoms with Crippen LogP contribution < -0.4 is 14.4 Å². The molecule has 0 saturated carbocycles. The Morgan fingerprint density at radius 1 is 0.970 bits per heavy atom. The Morgan fingerprint density at radius 2 is 1.61 bits per heavy atom. The summed E-state index contributed by atoms with van der Waals surface area (Å²) >= 11 is 0. The largest absolute Gasteiger partial charge is 0.486 e. The molecule has 4 rings (SSSR count). The van der Waals surface area contributed by atoms with E-state index < -0.39 is 27.7 Å². The standard InChI is InChI=1S/C25H25NO6S/c27-23(28)18-32-22-13-7-12-21-24(22)31-16-14-26(21)15-17-33(29,30)25(19-8-3-1-4-9-19)20-10-5-2-6-11-20/h1-13,25H,14-18H2,(H,27,28). The molecule has 0 bridgehead atoms. The Labute approximate surface area is 193 Å². The maximum absolute atomic E-state index is 13.6. The van der Waals surface area contributed by atoms with Crippen molar-refractivity contribution in [3.05, 3.63) is 90.0 Å². The SMILES string of the molecule is O=C(O)COc1cccc2c1OCCN2CCS(=O)(=O)C(c1ccccc1)c1ccccc1. The fourth-order valence-electron chi connectivity index (χ4n) is 3.98. The molecule has 1 aliphatic rings. The first kappa shape index (κ1) is 22.7. The average Bonchev–Trinajstić information content (AvgIpc) is 2.82. The Morgan fingerprint density at radius 3 is 2.21 bits per heavy atom. The van der Waals surface area contributed by atoms with E-state index in [9.17, 15) is 13.2 Å². The van der Waals surface area contributed by atoms with Gasteiger partial charge in [0, 0.05) is 6.54 Å². The fourth-order valence-corrected chi connectivity index (χ4v) is 5.83. The summed E-state index contributed by atoms with van der Waals surface area (Å²) < 4.78 is 38.2. The summed E-state index contributed by atoms with van der Waals surface area (Å²) in [5.41, 5.74) is 2.15. The Kier molecular flexibility index (Phi) is 6.84. The number of fused-ring (bicyclic) bond motifs is 1. The monoisotopic (exact) mass is 467 g/mol. The molecule has 8 heteroatoms. The van der Waals surface area contributed by atoms with Crippen molar-refractivity contribution in [3.8, 4) is 11.5 Å². The van der Waals surface area contributed by atoms with Gasteiger partial charge >= 0.3 is 5.97 Å². The number of carboxylic acids is 1. The second-order valence-corrected chi connectivity index (χ2v) is 9.90. The van der Waals surface area contributed by atoms with E-state index >= 15 is 0 Å². The number of nitrogens with zero attached hydrogens (tertiary/aromatic N) is 1. The third-order valence-corrected chi connectivity index (χ3v) is 7.48. The number of ether oxygens (including phenoxy) is 2. The van der Waals surface area contributed by atoms with E-state index in [1.54, 1.807) is 12.1 Å². The first-order chi connectivity index (χ1) is 16.0. The summed E-state index contributed by atoms with van der Waals surface area (Å²) in [5.74, 6) is -0.376. The van der Waals surface area contributed by atoms with Gasteiger partial charge in [-0.25, -0.2) is 13.2 Å². The fraction of sp³-hybridized carbons (Fsp3) is 0.240. The highest BCUT2D eigenvalue weighted by molar-refractivity contribution is 7.91. The highest BCUT2D eigenvalue weighted by Crippen LogP contribution is 2.40. The summed E-state index contributed by atoms with van der Waals surface area (Å²) in [5, 5.41) is 8.14. The summed E-state index contributed by atoms with van der Waals surface area (Å²) in [6.07, 6.45) is 0. The zero-order chi connectivity index (χ0) is 23.3. The second-order valence-electron chi connectivity index (χ2n) is 7.69. The van der Waals surface area contributed by atoms with Crippen molar-refractivity contribution in [2.45, 2.75) is 5.25 Å². The number of hydrogen-bond donors (Lipinski definition) is 1. The van der Waals surface area contributed by atoms with E-state index in [2.05, 4.69) is 0 Å². The molecule has 0 saturated heterocycles. The molecular weight excluding hydrogens is 442 g/mol. The van der Waals surface area contributed by atoms with Crippen LogP contribution in [0.4, 0.5) is 5.69 Å². The second kappa shape index (κ2) is 9.95. The van der Waals surface area contributed by atoms with E-state index in [0.717, 1.165) is 11.1 Å². The van der Waals surface area contributed by atoms with Crippen molar-refractivity contribution in [1.29, 1.82) is 0 Å². The molecule has 33 heavy (non-hydrogen) atoms. The molecule has 0 atom stereocenters. The van der Waals surface area contributed by atoms with Crippen LogP contribution in [0, 0.1) is 0 Å². The summed E-state index contributed by atoms with van der Waals surface area (Å²) in [7, 11) is -3.55. The van der Waals surface area contributed by atoms with E-state index in [0.29, 0.717) is 30.3 Å². The molecule has 7 nitrogen and oxygen atoms in total. The van der Waals surface area contributed by atoms with Crippen molar-refractivity contribution < 1.29 is 27.8 Å². The molecule has 0 amide bonds. The molecule has 0 unspecified atom stereocenters. The minimum atomic E-state index is -3.55. The molecule has 3 aromatic carbocycles. The predicted molar refractivity (Wildman–Crippen MR) is 126 cm³/mol. The van der Waals surface area contributed by atoms with Gasteiger partial charge in [-0.15, -0.1) is 0 Å². The highest BCUT2D eigenvalue weighted by Gasteiger charge is 2.30. The number of anilines is 1. The summed E-state index contributed by atoms with van der Waals surface area (Å²) in [6, 6.07) is 23.7. The minimum Gasteiger partial charge on any atom is -0.486 e. The molecule has 1 aliphatic heterocycles.